The fourth-order valence-electron chi connectivity index (χ4n) is 1.71. The lowest BCUT2D eigenvalue weighted by molar-refractivity contribution is -0.0000361. The average molecular weight is 310 g/mol. The van der Waals surface area contributed by atoms with Gasteiger partial charge in [0.1, 0.15) is 0 Å². The molecule has 1 aliphatic rings. The van der Waals surface area contributed by atoms with E-state index in [0.29, 0.717) is 51.5 Å². The van der Waals surface area contributed by atoms with Gasteiger partial charge in [0.05, 0.1) is 52.9 Å². The van der Waals surface area contributed by atoms with Gasteiger partial charge in [-0.25, -0.2) is 0 Å². The van der Waals surface area contributed by atoms with Crippen LogP contribution in [-0.4, -0.2) is 69.6 Å². The molecule has 1 fully saturated rings. The number of thiol groups is 1. The van der Waals surface area contributed by atoms with Crippen molar-refractivity contribution in [2.45, 2.75) is 18.1 Å². The first kappa shape index (κ1) is 17.6. The second-order valence-electron chi connectivity index (χ2n) is 4.27. The third-order valence-electron chi connectivity index (χ3n) is 2.68. The topological polar surface area (TPSA) is 36.9 Å². The van der Waals surface area contributed by atoms with Crippen LogP contribution in [0.5, 0.6) is 0 Å². The maximum atomic E-state index is 5.58. The highest BCUT2D eigenvalue weighted by Crippen LogP contribution is 2.25. The predicted molar refractivity (Wildman–Crippen MR) is 82.6 cm³/mol. The third kappa shape index (κ3) is 10.9. The van der Waals surface area contributed by atoms with Gasteiger partial charge in [0, 0.05) is 11.0 Å². The Kier molecular flexibility index (Phi) is 12.5. The van der Waals surface area contributed by atoms with Crippen LogP contribution in [0.25, 0.3) is 0 Å². The summed E-state index contributed by atoms with van der Waals surface area (Å²) in [7, 11) is 0. The van der Waals surface area contributed by atoms with E-state index >= 15 is 0 Å². The highest BCUT2D eigenvalue weighted by molar-refractivity contribution is 8.00. The molecule has 1 unspecified atom stereocenters. The fraction of sp³-hybridized carbons (Fsp3) is 1.00. The average Bonchev–Trinajstić information content (AvgIpc) is 2.93. The van der Waals surface area contributed by atoms with Crippen LogP contribution in [0.2, 0.25) is 0 Å². The summed E-state index contributed by atoms with van der Waals surface area (Å²) >= 11 is 6.07. The van der Waals surface area contributed by atoms with Gasteiger partial charge in [-0.1, -0.05) is 0 Å². The van der Waals surface area contributed by atoms with Crippen LogP contribution in [0.3, 0.4) is 0 Å². The van der Waals surface area contributed by atoms with Crippen molar-refractivity contribution in [2.24, 2.45) is 0 Å². The Bertz CT molecular complexity index is 189. The molecule has 6 heteroatoms. The molecule has 1 atom stereocenters. The van der Waals surface area contributed by atoms with Crippen LogP contribution in [0, 0.1) is 0 Å². The fourth-order valence-corrected chi connectivity index (χ4v) is 3.04. The van der Waals surface area contributed by atoms with E-state index in [2.05, 4.69) is 12.6 Å². The molecule has 1 aliphatic heterocycles. The zero-order valence-electron chi connectivity index (χ0n) is 11.6. The quantitative estimate of drug-likeness (QED) is 0.415. The molecule has 114 valence electrons. The number of thioether (sulfide) groups is 1. The first-order chi connectivity index (χ1) is 9.43. The van der Waals surface area contributed by atoms with Gasteiger partial charge in [0.15, 0.2) is 0 Å². The van der Waals surface area contributed by atoms with Gasteiger partial charge < -0.3 is 18.9 Å². The molecule has 19 heavy (non-hydrogen) atoms. The van der Waals surface area contributed by atoms with Gasteiger partial charge in [0.2, 0.25) is 0 Å². The molecule has 1 rings (SSSR count). The molecule has 0 aromatic heterocycles. The first-order valence-corrected chi connectivity index (χ1v) is 8.65. The number of ether oxygens (including phenoxy) is 4. The smallest absolute Gasteiger partial charge is 0.0701 e. The van der Waals surface area contributed by atoms with E-state index < -0.39 is 0 Å². The van der Waals surface area contributed by atoms with Crippen molar-refractivity contribution in [3.8, 4) is 0 Å². The largest absolute Gasteiger partial charge is 0.378 e. The minimum Gasteiger partial charge on any atom is -0.378 e. The molecule has 0 aliphatic carbocycles. The summed E-state index contributed by atoms with van der Waals surface area (Å²) in [5.41, 5.74) is 0. The van der Waals surface area contributed by atoms with Crippen LogP contribution in [0.15, 0.2) is 0 Å². The zero-order chi connectivity index (χ0) is 13.6. The Morgan fingerprint density at radius 1 is 0.842 bits per heavy atom. The van der Waals surface area contributed by atoms with E-state index in [4.69, 9.17) is 18.9 Å². The summed E-state index contributed by atoms with van der Waals surface area (Å²) in [6.07, 6.45) is 2.64. The Morgan fingerprint density at radius 3 is 1.95 bits per heavy atom. The molecule has 1 saturated heterocycles. The minimum atomic E-state index is 0.614. The van der Waals surface area contributed by atoms with E-state index in [1.807, 2.05) is 11.8 Å². The van der Waals surface area contributed by atoms with E-state index in [9.17, 15) is 0 Å². The zero-order valence-corrected chi connectivity index (χ0v) is 13.3. The van der Waals surface area contributed by atoms with Crippen LogP contribution >= 0.6 is 24.4 Å². The molecular weight excluding hydrogens is 284 g/mol. The van der Waals surface area contributed by atoms with Gasteiger partial charge >= 0.3 is 0 Å². The molecule has 0 aromatic rings. The molecule has 4 nitrogen and oxygen atoms in total. The maximum Gasteiger partial charge on any atom is 0.0701 e. The Hall–Kier alpha value is 0.540. The van der Waals surface area contributed by atoms with Crippen LogP contribution in [-0.2, 0) is 18.9 Å². The molecule has 0 N–H and O–H groups in total. The summed E-state index contributed by atoms with van der Waals surface area (Å²) in [5.74, 6) is 2.04. The van der Waals surface area contributed by atoms with Gasteiger partial charge in [0.25, 0.3) is 0 Å². The Morgan fingerprint density at radius 2 is 1.42 bits per heavy atom. The highest BCUT2D eigenvalue weighted by Gasteiger charge is 2.14. The summed E-state index contributed by atoms with van der Waals surface area (Å²) in [5, 5.41) is 0.709. The lowest BCUT2D eigenvalue weighted by atomic mass is 10.3. The number of hydrogen-bond acceptors (Lipinski definition) is 6. The lowest BCUT2D eigenvalue weighted by Gasteiger charge is -2.10. The Labute approximate surface area is 126 Å². The molecule has 0 radical (unpaired) electrons. The second-order valence-corrected chi connectivity index (χ2v) is 6.13. The van der Waals surface area contributed by atoms with E-state index in [0.717, 1.165) is 12.4 Å². The van der Waals surface area contributed by atoms with E-state index in [1.54, 1.807) is 0 Å². The standard InChI is InChI=1S/C13H26O4S2/c18-10-9-16-6-5-14-3-4-15-7-8-17-12-13-2-1-11-19-13/h13,18H,1-12H2. The summed E-state index contributed by atoms with van der Waals surface area (Å²) in [6, 6.07) is 0. The minimum absolute atomic E-state index is 0.614. The van der Waals surface area contributed by atoms with Crippen LogP contribution in [0.4, 0.5) is 0 Å². The normalized spacial score (nSPS) is 19.1. The van der Waals surface area contributed by atoms with Crippen molar-refractivity contribution in [3.05, 3.63) is 0 Å². The van der Waals surface area contributed by atoms with E-state index in [-0.39, 0.29) is 0 Å². The molecule has 0 bridgehead atoms. The number of rotatable bonds is 13. The van der Waals surface area contributed by atoms with Crippen LogP contribution < -0.4 is 0 Å². The third-order valence-corrected chi connectivity index (χ3v) is 4.23. The summed E-state index contributed by atoms with van der Waals surface area (Å²) < 4.78 is 21.6. The molecule has 1 heterocycles. The predicted octanol–water partition coefficient (Wildman–Crippen LogP) is 1.88. The van der Waals surface area contributed by atoms with E-state index in [1.165, 1.54) is 18.6 Å². The van der Waals surface area contributed by atoms with Gasteiger partial charge in [-0.2, -0.15) is 24.4 Å². The van der Waals surface area contributed by atoms with Crippen molar-refractivity contribution in [3.63, 3.8) is 0 Å². The summed E-state index contributed by atoms with van der Waals surface area (Å²) in [4.78, 5) is 0. The first-order valence-electron chi connectivity index (χ1n) is 6.97. The Balaban J connectivity index is 1.67. The van der Waals surface area contributed by atoms with Crippen molar-refractivity contribution >= 4 is 24.4 Å². The molecule has 0 saturated carbocycles. The van der Waals surface area contributed by atoms with Gasteiger partial charge in [-0.3, -0.25) is 0 Å². The monoisotopic (exact) mass is 310 g/mol. The van der Waals surface area contributed by atoms with Gasteiger partial charge in [-0.15, -0.1) is 0 Å². The SMILES string of the molecule is SCCOCCOCCOCCOCC1CCCS1. The van der Waals surface area contributed by atoms with Crippen molar-refractivity contribution in [1.29, 1.82) is 0 Å². The highest BCUT2D eigenvalue weighted by atomic mass is 32.2. The lowest BCUT2D eigenvalue weighted by Crippen LogP contribution is -2.14. The molecule has 0 aromatic carbocycles. The van der Waals surface area contributed by atoms with Crippen molar-refractivity contribution in [2.75, 3.05) is 64.4 Å². The molecule has 0 amide bonds. The van der Waals surface area contributed by atoms with Crippen molar-refractivity contribution in [1.82, 2.24) is 0 Å². The molecular formula is C13H26O4S2. The summed E-state index contributed by atoms with van der Waals surface area (Å²) in [6.45, 7) is 5.36. The van der Waals surface area contributed by atoms with Crippen molar-refractivity contribution < 1.29 is 18.9 Å². The second kappa shape index (κ2) is 13.5. The number of hydrogen-bond donors (Lipinski definition) is 1. The maximum absolute atomic E-state index is 5.58. The van der Waals surface area contributed by atoms with Gasteiger partial charge in [-0.05, 0) is 18.6 Å². The molecule has 0 spiro atoms. The van der Waals surface area contributed by atoms with Crippen LogP contribution in [0.1, 0.15) is 12.8 Å².